The topological polar surface area (TPSA) is 47.4 Å². The minimum absolute atomic E-state index is 0.0854. The standard InChI is InChI=1S/C31H35N3O2/c1-4-24-11-13-26(14-12-24)34-21-25(20-30(34)35)31-32-28-9-5-6-10-29(28)33(31)15-7-8-16-36-27-18-22(2)17-23(3)19-27/h5-6,9-14,17-19,25H,4,7-8,15-16,20-21H2,1-3H3. The molecule has 1 saturated heterocycles. The highest BCUT2D eigenvalue weighted by molar-refractivity contribution is 5.96. The third-order valence-electron chi connectivity index (χ3n) is 7.07. The van der Waals surface area contributed by atoms with Gasteiger partial charge in [0.15, 0.2) is 0 Å². The molecule has 5 rings (SSSR count). The number of hydrogen-bond donors (Lipinski definition) is 0. The molecular weight excluding hydrogens is 446 g/mol. The summed E-state index contributed by atoms with van der Waals surface area (Å²) in [5.41, 5.74) is 6.84. The number of benzene rings is 3. The lowest BCUT2D eigenvalue weighted by Crippen LogP contribution is -2.24. The second-order valence-electron chi connectivity index (χ2n) is 9.91. The molecule has 1 aromatic heterocycles. The number of anilines is 1. The van der Waals surface area contributed by atoms with Crippen molar-refractivity contribution < 1.29 is 9.53 Å². The van der Waals surface area contributed by atoms with E-state index in [2.05, 4.69) is 86.0 Å². The number of carbonyl (C=O) groups is 1. The molecule has 1 fully saturated rings. The summed E-state index contributed by atoms with van der Waals surface area (Å²) in [7, 11) is 0. The molecule has 5 heteroatoms. The largest absolute Gasteiger partial charge is 0.494 e. The van der Waals surface area contributed by atoms with Gasteiger partial charge in [-0.2, -0.15) is 0 Å². The number of para-hydroxylation sites is 2. The van der Waals surface area contributed by atoms with E-state index >= 15 is 0 Å². The minimum atomic E-state index is 0.0854. The van der Waals surface area contributed by atoms with Gasteiger partial charge >= 0.3 is 0 Å². The van der Waals surface area contributed by atoms with Crippen LogP contribution in [0.2, 0.25) is 0 Å². The fourth-order valence-corrected chi connectivity index (χ4v) is 5.26. The zero-order valence-corrected chi connectivity index (χ0v) is 21.5. The molecule has 186 valence electrons. The normalized spacial score (nSPS) is 15.7. The van der Waals surface area contributed by atoms with Gasteiger partial charge in [-0.3, -0.25) is 4.79 Å². The van der Waals surface area contributed by atoms with E-state index in [1.54, 1.807) is 0 Å². The zero-order chi connectivity index (χ0) is 25.1. The number of hydrogen-bond acceptors (Lipinski definition) is 3. The quantitative estimate of drug-likeness (QED) is 0.253. The summed E-state index contributed by atoms with van der Waals surface area (Å²) < 4.78 is 8.35. The van der Waals surface area contributed by atoms with Gasteiger partial charge in [0.2, 0.25) is 5.91 Å². The fourth-order valence-electron chi connectivity index (χ4n) is 5.26. The first-order chi connectivity index (χ1) is 17.5. The number of amides is 1. The highest BCUT2D eigenvalue weighted by Gasteiger charge is 2.34. The summed E-state index contributed by atoms with van der Waals surface area (Å²) >= 11 is 0. The molecule has 0 bridgehead atoms. The van der Waals surface area contributed by atoms with Crippen molar-refractivity contribution in [2.24, 2.45) is 0 Å². The number of nitrogens with zero attached hydrogens (tertiary/aromatic N) is 3. The first kappa shape index (κ1) is 24.1. The lowest BCUT2D eigenvalue weighted by atomic mass is 10.1. The summed E-state index contributed by atoms with van der Waals surface area (Å²) in [6, 6.07) is 23.0. The maximum absolute atomic E-state index is 13.0. The van der Waals surface area contributed by atoms with Crippen LogP contribution in [0.15, 0.2) is 66.7 Å². The SMILES string of the molecule is CCc1ccc(N2CC(c3nc4ccccc4n3CCCCOc3cc(C)cc(C)c3)CC2=O)cc1. The van der Waals surface area contributed by atoms with Gasteiger partial charge < -0.3 is 14.2 Å². The Morgan fingerprint density at radius 1 is 0.972 bits per heavy atom. The van der Waals surface area contributed by atoms with Crippen LogP contribution in [0.5, 0.6) is 5.75 Å². The Hall–Kier alpha value is -3.60. The van der Waals surface area contributed by atoms with Crippen LogP contribution in [0, 0.1) is 13.8 Å². The third-order valence-corrected chi connectivity index (χ3v) is 7.07. The van der Waals surface area contributed by atoms with Crippen LogP contribution < -0.4 is 9.64 Å². The molecule has 0 N–H and O–H groups in total. The van der Waals surface area contributed by atoms with E-state index in [0.29, 0.717) is 19.6 Å². The summed E-state index contributed by atoms with van der Waals surface area (Å²) in [6.07, 6.45) is 3.44. The van der Waals surface area contributed by atoms with Gasteiger partial charge in [-0.25, -0.2) is 4.98 Å². The van der Waals surface area contributed by atoms with Crippen molar-refractivity contribution in [1.29, 1.82) is 0 Å². The van der Waals surface area contributed by atoms with Crippen molar-refractivity contribution >= 4 is 22.6 Å². The van der Waals surface area contributed by atoms with Crippen molar-refractivity contribution in [3.8, 4) is 5.75 Å². The van der Waals surface area contributed by atoms with Gasteiger partial charge in [0, 0.05) is 31.1 Å². The average Bonchev–Trinajstić information content (AvgIpc) is 3.44. The van der Waals surface area contributed by atoms with Crippen LogP contribution in [0.3, 0.4) is 0 Å². The number of ether oxygens (including phenoxy) is 1. The molecule has 0 aliphatic carbocycles. The monoisotopic (exact) mass is 481 g/mol. The smallest absolute Gasteiger partial charge is 0.227 e. The van der Waals surface area contributed by atoms with Crippen LogP contribution in [0.25, 0.3) is 11.0 Å². The molecule has 5 nitrogen and oxygen atoms in total. The maximum Gasteiger partial charge on any atom is 0.227 e. The molecule has 36 heavy (non-hydrogen) atoms. The number of fused-ring (bicyclic) bond motifs is 1. The van der Waals surface area contributed by atoms with Crippen LogP contribution >= 0.6 is 0 Å². The van der Waals surface area contributed by atoms with Crippen molar-refractivity contribution in [2.45, 2.75) is 58.9 Å². The van der Waals surface area contributed by atoms with Crippen LogP contribution in [0.4, 0.5) is 5.69 Å². The molecule has 4 aromatic rings. The predicted molar refractivity (Wildman–Crippen MR) is 146 cm³/mol. The molecule has 3 aromatic carbocycles. The molecule has 0 saturated carbocycles. The van der Waals surface area contributed by atoms with Crippen LogP contribution in [-0.4, -0.2) is 28.6 Å². The van der Waals surface area contributed by atoms with E-state index in [9.17, 15) is 4.79 Å². The Bertz CT molecular complexity index is 1340. The lowest BCUT2D eigenvalue weighted by Gasteiger charge is -2.18. The Balaban J connectivity index is 1.28. The number of aryl methyl sites for hydroxylation is 4. The van der Waals surface area contributed by atoms with Crippen molar-refractivity contribution in [3.63, 3.8) is 0 Å². The molecule has 1 aliphatic rings. The summed E-state index contributed by atoms with van der Waals surface area (Å²) in [5, 5.41) is 0. The summed E-state index contributed by atoms with van der Waals surface area (Å²) in [5.74, 6) is 2.22. The highest BCUT2D eigenvalue weighted by Crippen LogP contribution is 2.33. The number of unbranched alkanes of at least 4 members (excludes halogenated alkanes) is 1. The van der Waals surface area contributed by atoms with Crippen molar-refractivity contribution in [2.75, 3.05) is 18.1 Å². The predicted octanol–water partition coefficient (Wildman–Crippen LogP) is 6.60. The lowest BCUT2D eigenvalue weighted by molar-refractivity contribution is -0.117. The minimum Gasteiger partial charge on any atom is -0.494 e. The van der Waals surface area contributed by atoms with E-state index in [4.69, 9.17) is 9.72 Å². The second-order valence-corrected chi connectivity index (χ2v) is 9.91. The number of imidazole rings is 1. The highest BCUT2D eigenvalue weighted by atomic mass is 16.5. The van der Waals surface area contributed by atoms with Gasteiger partial charge in [-0.05, 0) is 86.2 Å². The van der Waals surface area contributed by atoms with Gasteiger partial charge in [-0.15, -0.1) is 0 Å². The van der Waals surface area contributed by atoms with Gasteiger partial charge in [0.05, 0.1) is 17.6 Å². The first-order valence-corrected chi connectivity index (χ1v) is 13.1. The molecule has 0 spiro atoms. The van der Waals surface area contributed by atoms with Gasteiger partial charge in [0.1, 0.15) is 11.6 Å². The number of carbonyl (C=O) groups excluding carboxylic acids is 1. The Kier molecular flexibility index (Phi) is 7.08. The Labute approximate surface area is 213 Å². The Morgan fingerprint density at radius 2 is 1.72 bits per heavy atom. The fraction of sp³-hybridized carbons (Fsp3) is 0.355. The second kappa shape index (κ2) is 10.6. The van der Waals surface area contributed by atoms with E-state index < -0.39 is 0 Å². The first-order valence-electron chi connectivity index (χ1n) is 13.1. The van der Waals surface area contributed by atoms with Gasteiger partial charge in [-0.1, -0.05) is 37.3 Å². The molecule has 1 aliphatic heterocycles. The van der Waals surface area contributed by atoms with E-state index in [-0.39, 0.29) is 11.8 Å². The van der Waals surface area contributed by atoms with E-state index in [1.807, 2.05) is 11.0 Å². The summed E-state index contributed by atoms with van der Waals surface area (Å²) in [6.45, 7) is 8.56. The van der Waals surface area contributed by atoms with Crippen LogP contribution in [0.1, 0.15) is 54.6 Å². The van der Waals surface area contributed by atoms with Crippen molar-refractivity contribution in [3.05, 3.63) is 89.2 Å². The molecule has 1 atom stereocenters. The van der Waals surface area contributed by atoms with Gasteiger partial charge in [0.25, 0.3) is 0 Å². The number of aromatic nitrogens is 2. The molecular formula is C31H35N3O2. The third kappa shape index (κ3) is 5.15. The van der Waals surface area contributed by atoms with Crippen LogP contribution in [-0.2, 0) is 17.8 Å². The molecule has 0 radical (unpaired) electrons. The molecule has 1 amide bonds. The van der Waals surface area contributed by atoms with Crippen molar-refractivity contribution in [1.82, 2.24) is 9.55 Å². The maximum atomic E-state index is 13.0. The Morgan fingerprint density at radius 3 is 2.47 bits per heavy atom. The zero-order valence-electron chi connectivity index (χ0n) is 21.5. The molecule has 2 heterocycles. The number of rotatable bonds is 9. The molecule has 1 unspecified atom stereocenters. The summed E-state index contributed by atoms with van der Waals surface area (Å²) in [4.78, 5) is 19.9. The average molecular weight is 482 g/mol. The van der Waals surface area contributed by atoms with E-state index in [1.165, 1.54) is 16.7 Å². The van der Waals surface area contributed by atoms with E-state index in [0.717, 1.165) is 54.1 Å².